The van der Waals surface area contributed by atoms with Crippen molar-refractivity contribution >= 4 is 0 Å². The van der Waals surface area contributed by atoms with Crippen molar-refractivity contribution in [2.24, 2.45) is 0 Å². The van der Waals surface area contributed by atoms with Gasteiger partial charge in [0.25, 0.3) is 0 Å². The molecule has 0 aliphatic heterocycles. The predicted octanol–water partition coefficient (Wildman–Crippen LogP) is 14.7. The molecule has 0 fully saturated rings. The summed E-state index contributed by atoms with van der Waals surface area (Å²) in [6.45, 7) is 0. The second-order valence-corrected chi connectivity index (χ2v) is 12.6. The average Bonchev–Trinajstić information content (AvgIpc) is 4.18. The second-order valence-electron chi connectivity index (χ2n) is 12.6. The summed E-state index contributed by atoms with van der Waals surface area (Å²) in [5.74, 6) is -22.2. The van der Waals surface area contributed by atoms with Gasteiger partial charge >= 0.3 is 43.4 Å². The normalized spacial score (nSPS) is 12.1. The fourth-order valence-corrected chi connectivity index (χ4v) is 4.60. The van der Waals surface area contributed by atoms with Gasteiger partial charge < -0.3 is 9.13 Å². The molecule has 4 aliphatic carbocycles. The van der Waals surface area contributed by atoms with Crippen molar-refractivity contribution < 1.29 is 105 Å². The third-order valence-electron chi connectivity index (χ3n) is 7.76. The molecule has 0 saturated carbocycles. The molecule has 0 saturated heterocycles. The standard InChI is InChI=1S/2C10H6F2N.2C6F5.4C5H5.2Ti/c2*11-8-3-4-9(12)10(7-8)13-5-1-2-6-13;2*7-2-1-3(8)5(10)6(11)4(2)9;4*1-2-4-5-3-1;;/h2*1-3,5-7H;;;4*1-3H,4H2;;/q8*-1;2*+4. The third-order valence-corrected chi connectivity index (χ3v) is 7.76. The van der Waals surface area contributed by atoms with Gasteiger partial charge in [-0.3, -0.25) is 50.6 Å². The van der Waals surface area contributed by atoms with Crippen molar-refractivity contribution in [3.05, 3.63) is 276 Å². The molecule has 18 heteroatoms. The molecule has 4 aliphatic rings. The van der Waals surface area contributed by atoms with Crippen LogP contribution in [0, 0.1) is 130 Å². The molecule has 0 radical (unpaired) electrons. The smallest absolute Gasteiger partial charge is 0.375 e. The Labute approximate surface area is 425 Å². The largest absolute Gasteiger partial charge is 4.00 e. The Hall–Kier alpha value is -6.19. The number of aromatic nitrogens is 2. The van der Waals surface area contributed by atoms with Crippen LogP contribution in [0.15, 0.2) is 146 Å². The summed E-state index contributed by atoms with van der Waals surface area (Å²) in [6.07, 6.45) is 46.6. The Morgan fingerprint density at radius 2 is 0.600 bits per heavy atom. The average molecular weight is 1050 g/mol. The number of hydrogen-bond donors (Lipinski definition) is 0. The number of halogens is 14. The summed E-state index contributed by atoms with van der Waals surface area (Å²) < 4.78 is 174. The van der Waals surface area contributed by atoms with Gasteiger partial charge in [0.1, 0.15) is 0 Å². The van der Waals surface area contributed by atoms with Gasteiger partial charge in [-0.15, -0.1) is 74.2 Å². The van der Waals surface area contributed by atoms with E-state index in [4.69, 9.17) is 0 Å². The number of allylic oxidation sites excluding steroid dienone is 16. The zero-order valence-electron chi connectivity index (χ0n) is 35.9. The minimum atomic E-state index is -2.17. The zero-order chi connectivity index (χ0) is 49.8. The molecule has 0 spiro atoms. The van der Waals surface area contributed by atoms with Gasteiger partial charge in [-0.2, -0.15) is 24.3 Å². The van der Waals surface area contributed by atoms with Gasteiger partial charge in [0.2, 0.25) is 0 Å². The first-order valence-electron chi connectivity index (χ1n) is 19.3. The maximum absolute atomic E-state index is 13.1. The van der Waals surface area contributed by atoms with Crippen LogP contribution < -0.4 is 0 Å². The molecule has 10 rings (SSSR count). The van der Waals surface area contributed by atoms with E-state index in [0.29, 0.717) is 0 Å². The fourth-order valence-electron chi connectivity index (χ4n) is 4.60. The Bertz CT molecular complexity index is 2420. The van der Waals surface area contributed by atoms with Crippen molar-refractivity contribution in [1.82, 2.24) is 9.13 Å². The zero-order valence-corrected chi connectivity index (χ0v) is 39.0. The Balaban J connectivity index is 0.000000410. The molecular weight excluding hydrogens is 1010 g/mol. The van der Waals surface area contributed by atoms with Gasteiger partial charge in [-0.05, 0) is 60.4 Å². The quantitative estimate of drug-likeness (QED) is 0.0538. The van der Waals surface area contributed by atoms with Crippen molar-refractivity contribution in [3.63, 3.8) is 0 Å². The first-order chi connectivity index (χ1) is 32.6. The number of benzene rings is 4. The molecule has 356 valence electrons. The van der Waals surface area contributed by atoms with E-state index in [0.717, 1.165) is 62.1 Å². The van der Waals surface area contributed by atoms with Crippen LogP contribution in [0.25, 0.3) is 11.4 Å². The molecule has 0 atom stereocenters. The monoisotopic (exact) mass is 1050 g/mol. The number of rotatable bonds is 2. The molecule has 0 unspecified atom stereocenters. The molecule has 70 heavy (non-hydrogen) atoms. The molecule has 4 aromatic carbocycles. The van der Waals surface area contributed by atoms with Crippen LogP contribution in [-0.2, 0) is 43.4 Å². The van der Waals surface area contributed by atoms with Crippen LogP contribution in [-0.4, -0.2) is 9.13 Å². The first kappa shape index (κ1) is 61.8. The summed E-state index contributed by atoms with van der Waals surface area (Å²) in [4.78, 5) is 0. The summed E-state index contributed by atoms with van der Waals surface area (Å²) >= 11 is 0. The number of hydrogen-bond acceptors (Lipinski definition) is 0. The van der Waals surface area contributed by atoms with Crippen molar-refractivity contribution in [1.29, 1.82) is 0 Å². The van der Waals surface area contributed by atoms with E-state index in [-0.39, 0.29) is 54.8 Å². The van der Waals surface area contributed by atoms with Gasteiger partial charge in [-0.1, -0.05) is 0 Å². The first-order valence-corrected chi connectivity index (χ1v) is 19.3. The van der Waals surface area contributed by atoms with E-state index in [1.54, 1.807) is 49.1 Å². The minimum absolute atomic E-state index is 0. The Morgan fingerprint density at radius 1 is 0.343 bits per heavy atom. The predicted molar refractivity (Wildman–Crippen MR) is 225 cm³/mol. The van der Waals surface area contributed by atoms with Gasteiger partial charge in [-0.25, -0.2) is 83.7 Å². The van der Waals surface area contributed by atoms with E-state index >= 15 is 0 Å². The van der Waals surface area contributed by atoms with Crippen LogP contribution in [0.1, 0.15) is 25.7 Å². The molecule has 2 heterocycles. The van der Waals surface area contributed by atoms with Gasteiger partial charge in [0, 0.05) is 23.3 Å². The summed E-state index contributed by atoms with van der Waals surface area (Å²) in [6, 6.07) is 17.6. The third kappa shape index (κ3) is 22.1. The van der Waals surface area contributed by atoms with Gasteiger partial charge in [0.15, 0.2) is 0 Å². The van der Waals surface area contributed by atoms with E-state index in [9.17, 15) is 61.5 Å². The minimum Gasteiger partial charge on any atom is -0.375 e. The summed E-state index contributed by atoms with van der Waals surface area (Å²) in [7, 11) is 0. The molecular formula is C52H32F14N2Ti2. The molecule has 0 N–H and O–H groups in total. The van der Waals surface area contributed by atoms with Crippen molar-refractivity contribution in [2.75, 3.05) is 0 Å². The molecule has 2 aromatic heterocycles. The molecule has 0 bridgehead atoms. The van der Waals surface area contributed by atoms with Crippen LogP contribution in [0.5, 0.6) is 0 Å². The number of nitrogens with zero attached hydrogens (tertiary/aromatic N) is 2. The van der Waals surface area contributed by atoms with Crippen LogP contribution in [0.4, 0.5) is 61.5 Å². The van der Waals surface area contributed by atoms with Crippen LogP contribution >= 0.6 is 0 Å². The second kappa shape index (κ2) is 34.2. The van der Waals surface area contributed by atoms with Crippen LogP contribution in [0.3, 0.4) is 0 Å². The molecule has 2 nitrogen and oxygen atoms in total. The SMILES string of the molecule is Fc1[c-]c(F)c(F)c(F)c1F.Fc1[c-]c(F)c(F)c(F)c1F.Fc1c[c-]c(F)c(-n2cccc2)c1.Fc1c[c-]c(F)c(-n2cccc2)c1.[C-]1=CC=CC1.[C-]1=CC=CC1.[C-]1=CC=CC1.[C-]1=CC=CC1.[Ti+4].[Ti+4]. The van der Waals surface area contributed by atoms with E-state index in [1.165, 1.54) is 9.13 Å². The van der Waals surface area contributed by atoms with E-state index in [1.807, 2.05) is 48.6 Å². The Morgan fingerprint density at radius 3 is 0.800 bits per heavy atom. The van der Waals surface area contributed by atoms with E-state index < -0.39 is 81.4 Å². The maximum Gasteiger partial charge on any atom is 4.00 e. The molecule has 0 amide bonds. The Kier molecular flexibility index (Phi) is 30.2. The molecule has 6 aromatic rings. The summed E-state index contributed by atoms with van der Waals surface area (Å²) in [5.41, 5.74) is 0.343. The fraction of sp³-hybridized carbons (Fsp3) is 0.0769. The van der Waals surface area contributed by atoms with Gasteiger partial charge in [0.05, 0.1) is 58.2 Å². The van der Waals surface area contributed by atoms with Crippen molar-refractivity contribution in [3.8, 4) is 11.4 Å². The topological polar surface area (TPSA) is 9.86 Å². The van der Waals surface area contributed by atoms with E-state index in [2.05, 4.69) is 60.7 Å². The van der Waals surface area contributed by atoms with Crippen LogP contribution in [0.2, 0.25) is 0 Å². The summed E-state index contributed by atoms with van der Waals surface area (Å²) in [5, 5.41) is 0. The maximum atomic E-state index is 13.1. The van der Waals surface area contributed by atoms with Crippen molar-refractivity contribution in [2.45, 2.75) is 25.7 Å².